The number of nitrogens with one attached hydrogen (secondary N) is 1. The molecule has 2 unspecified atom stereocenters. The van der Waals surface area contributed by atoms with Crippen LogP contribution >= 0.6 is 15.9 Å². The Labute approximate surface area is 130 Å². The monoisotopic (exact) mass is 341 g/mol. The molecule has 0 heterocycles. The number of halogens is 1. The maximum Gasteiger partial charge on any atom is 0.140 e. The summed E-state index contributed by atoms with van der Waals surface area (Å²) in [5.41, 5.74) is 1.28. The summed E-state index contributed by atoms with van der Waals surface area (Å²) in [6.07, 6.45) is 5.06. The van der Waals surface area contributed by atoms with Crippen molar-refractivity contribution in [2.45, 2.75) is 44.6 Å². The van der Waals surface area contributed by atoms with Gasteiger partial charge in [0.15, 0.2) is 0 Å². The molecular formula is C16H24BrNO2. The van der Waals surface area contributed by atoms with Gasteiger partial charge in [-0.1, -0.05) is 25.8 Å². The van der Waals surface area contributed by atoms with Gasteiger partial charge in [-0.2, -0.15) is 0 Å². The molecule has 2 atom stereocenters. The third-order valence-electron chi connectivity index (χ3n) is 4.15. The van der Waals surface area contributed by atoms with E-state index in [9.17, 15) is 0 Å². The first-order valence-electron chi connectivity index (χ1n) is 7.36. The van der Waals surface area contributed by atoms with E-state index < -0.39 is 0 Å². The number of rotatable bonds is 5. The van der Waals surface area contributed by atoms with E-state index in [2.05, 4.69) is 34.2 Å². The molecule has 112 valence electrons. The second-order valence-electron chi connectivity index (χ2n) is 5.26. The number of hydrogen-bond acceptors (Lipinski definition) is 3. The topological polar surface area (TPSA) is 30.5 Å². The van der Waals surface area contributed by atoms with Gasteiger partial charge in [0.1, 0.15) is 16.0 Å². The summed E-state index contributed by atoms with van der Waals surface area (Å²) in [5.74, 6) is 2.25. The third kappa shape index (κ3) is 3.12. The van der Waals surface area contributed by atoms with Gasteiger partial charge >= 0.3 is 0 Å². The number of hydrogen-bond donors (Lipinski definition) is 1. The molecule has 1 aromatic rings. The molecular weight excluding hydrogens is 318 g/mol. The highest BCUT2D eigenvalue weighted by molar-refractivity contribution is 9.10. The first-order valence-corrected chi connectivity index (χ1v) is 8.16. The van der Waals surface area contributed by atoms with Gasteiger partial charge in [0, 0.05) is 17.5 Å². The lowest BCUT2D eigenvalue weighted by Gasteiger charge is -2.33. The van der Waals surface area contributed by atoms with Crippen molar-refractivity contribution in [1.29, 1.82) is 0 Å². The molecule has 1 N–H and O–H groups in total. The van der Waals surface area contributed by atoms with Gasteiger partial charge in [-0.15, -0.1) is 0 Å². The number of ether oxygens (including phenoxy) is 2. The van der Waals surface area contributed by atoms with Crippen molar-refractivity contribution in [3.63, 3.8) is 0 Å². The minimum absolute atomic E-state index is 0.515. The smallest absolute Gasteiger partial charge is 0.140 e. The largest absolute Gasteiger partial charge is 0.495 e. The Hall–Kier alpha value is -0.740. The lowest BCUT2D eigenvalue weighted by molar-refractivity contribution is 0.319. The third-order valence-corrected chi connectivity index (χ3v) is 4.90. The standard InChI is InChI=1S/C16H24BrNO2/c1-4-18-13-8-6-5-7-11(13)12-9-10-14(19-2)15(17)16(12)20-3/h9-11,13,18H,4-8H2,1-3H3. The molecule has 0 saturated heterocycles. The van der Waals surface area contributed by atoms with Crippen LogP contribution in [0.15, 0.2) is 16.6 Å². The summed E-state index contributed by atoms with van der Waals surface area (Å²) in [7, 11) is 3.41. The van der Waals surface area contributed by atoms with Crippen molar-refractivity contribution in [3.05, 3.63) is 22.2 Å². The maximum atomic E-state index is 5.64. The Bertz CT molecular complexity index is 448. The van der Waals surface area contributed by atoms with Gasteiger partial charge in [-0.25, -0.2) is 0 Å². The minimum Gasteiger partial charge on any atom is -0.495 e. The van der Waals surface area contributed by atoms with Crippen molar-refractivity contribution in [2.75, 3.05) is 20.8 Å². The predicted octanol–water partition coefficient (Wildman–Crippen LogP) is 4.10. The van der Waals surface area contributed by atoms with Crippen LogP contribution in [0.1, 0.15) is 44.1 Å². The van der Waals surface area contributed by atoms with Crippen LogP contribution in [0.2, 0.25) is 0 Å². The van der Waals surface area contributed by atoms with Crippen molar-refractivity contribution in [3.8, 4) is 11.5 Å². The molecule has 1 saturated carbocycles. The van der Waals surface area contributed by atoms with Crippen LogP contribution in [0.25, 0.3) is 0 Å². The second-order valence-corrected chi connectivity index (χ2v) is 6.05. The Morgan fingerprint density at radius 1 is 1.20 bits per heavy atom. The van der Waals surface area contributed by atoms with E-state index in [1.807, 2.05) is 6.07 Å². The molecule has 0 radical (unpaired) electrons. The molecule has 1 aromatic carbocycles. The summed E-state index contributed by atoms with van der Waals surface area (Å²) < 4.78 is 11.9. The molecule has 1 aliphatic carbocycles. The van der Waals surface area contributed by atoms with Crippen LogP contribution < -0.4 is 14.8 Å². The highest BCUT2D eigenvalue weighted by atomic mass is 79.9. The summed E-state index contributed by atoms with van der Waals surface area (Å²) in [4.78, 5) is 0. The molecule has 0 aromatic heterocycles. The van der Waals surface area contributed by atoms with E-state index in [1.165, 1.54) is 31.2 Å². The van der Waals surface area contributed by atoms with Crippen molar-refractivity contribution in [2.24, 2.45) is 0 Å². The van der Waals surface area contributed by atoms with Crippen molar-refractivity contribution < 1.29 is 9.47 Å². The fourth-order valence-corrected chi connectivity index (χ4v) is 3.90. The fourth-order valence-electron chi connectivity index (χ4n) is 3.22. The normalized spacial score (nSPS) is 22.6. The van der Waals surface area contributed by atoms with Crippen LogP contribution in [-0.4, -0.2) is 26.8 Å². The number of likely N-dealkylation sites (N-methyl/N-ethyl adjacent to an activating group) is 1. The zero-order valence-electron chi connectivity index (χ0n) is 12.5. The van der Waals surface area contributed by atoms with E-state index in [4.69, 9.17) is 9.47 Å². The highest BCUT2D eigenvalue weighted by Crippen LogP contribution is 2.44. The number of methoxy groups -OCH3 is 2. The summed E-state index contributed by atoms with van der Waals surface area (Å²) in [6.45, 7) is 3.19. The van der Waals surface area contributed by atoms with Gasteiger partial charge < -0.3 is 14.8 Å². The van der Waals surface area contributed by atoms with Crippen molar-refractivity contribution in [1.82, 2.24) is 5.32 Å². The van der Waals surface area contributed by atoms with Crippen LogP contribution in [0, 0.1) is 0 Å². The molecule has 0 bridgehead atoms. The van der Waals surface area contributed by atoms with Crippen LogP contribution in [-0.2, 0) is 0 Å². The predicted molar refractivity (Wildman–Crippen MR) is 85.9 cm³/mol. The zero-order valence-corrected chi connectivity index (χ0v) is 14.1. The first-order chi connectivity index (χ1) is 9.72. The number of benzene rings is 1. The Kier molecular flexibility index (Phi) is 5.73. The lowest BCUT2D eigenvalue weighted by Crippen LogP contribution is -2.37. The van der Waals surface area contributed by atoms with E-state index in [0.717, 1.165) is 22.5 Å². The molecule has 4 heteroatoms. The van der Waals surface area contributed by atoms with E-state index in [-0.39, 0.29) is 0 Å². The summed E-state index contributed by atoms with van der Waals surface area (Å²) >= 11 is 3.61. The first kappa shape index (κ1) is 15.6. The molecule has 2 rings (SSSR count). The van der Waals surface area contributed by atoms with E-state index in [0.29, 0.717) is 12.0 Å². The SMILES string of the molecule is CCNC1CCCCC1c1ccc(OC)c(Br)c1OC. The van der Waals surface area contributed by atoms with Gasteiger partial charge in [-0.3, -0.25) is 0 Å². The zero-order chi connectivity index (χ0) is 14.5. The molecule has 1 fully saturated rings. The lowest BCUT2D eigenvalue weighted by atomic mass is 9.79. The average molecular weight is 342 g/mol. The quantitative estimate of drug-likeness (QED) is 0.874. The van der Waals surface area contributed by atoms with Gasteiger partial charge in [-0.05, 0) is 41.4 Å². The van der Waals surface area contributed by atoms with Crippen LogP contribution in [0.3, 0.4) is 0 Å². The second kappa shape index (κ2) is 7.32. The Morgan fingerprint density at radius 3 is 2.60 bits per heavy atom. The Balaban J connectivity index is 2.37. The molecule has 0 spiro atoms. The average Bonchev–Trinajstić information content (AvgIpc) is 2.48. The summed E-state index contributed by atoms with van der Waals surface area (Å²) in [5, 5.41) is 3.63. The van der Waals surface area contributed by atoms with Gasteiger partial charge in [0.25, 0.3) is 0 Å². The summed E-state index contributed by atoms with van der Waals surface area (Å²) in [6, 6.07) is 4.73. The highest BCUT2D eigenvalue weighted by Gasteiger charge is 2.29. The molecule has 0 amide bonds. The van der Waals surface area contributed by atoms with E-state index in [1.54, 1.807) is 14.2 Å². The molecule has 1 aliphatic rings. The maximum absolute atomic E-state index is 5.64. The van der Waals surface area contributed by atoms with Crippen molar-refractivity contribution >= 4 is 15.9 Å². The molecule has 20 heavy (non-hydrogen) atoms. The molecule has 0 aliphatic heterocycles. The van der Waals surface area contributed by atoms with E-state index >= 15 is 0 Å². The van der Waals surface area contributed by atoms with Gasteiger partial charge in [0.2, 0.25) is 0 Å². The minimum atomic E-state index is 0.515. The fraction of sp³-hybridized carbons (Fsp3) is 0.625. The molecule has 3 nitrogen and oxygen atoms in total. The Morgan fingerprint density at radius 2 is 1.95 bits per heavy atom. The van der Waals surface area contributed by atoms with Crippen LogP contribution in [0.4, 0.5) is 0 Å². The van der Waals surface area contributed by atoms with Crippen LogP contribution in [0.5, 0.6) is 11.5 Å². The van der Waals surface area contributed by atoms with Gasteiger partial charge in [0.05, 0.1) is 14.2 Å².